The number of hydrazone groups is 1. The molecule has 0 aliphatic rings. The van der Waals surface area contributed by atoms with E-state index in [0.717, 1.165) is 5.56 Å². The summed E-state index contributed by atoms with van der Waals surface area (Å²) in [5.41, 5.74) is 4.35. The second-order valence-corrected chi connectivity index (χ2v) is 10.6. The second kappa shape index (κ2) is 14.0. The van der Waals surface area contributed by atoms with Crippen molar-refractivity contribution in [2.45, 2.75) is 18.4 Å². The average Bonchev–Trinajstić information content (AvgIpc) is 3.00. The molecule has 0 bridgehead atoms. The molecule has 0 heterocycles. The Hall–Kier alpha value is -4.89. The molecule has 1 N–H and O–H groups in total. The highest BCUT2D eigenvalue weighted by Gasteiger charge is 2.28. The highest BCUT2D eigenvalue weighted by Crippen LogP contribution is 2.30. The standard InChI is InChI=1S/C32H31N3O5S/c1-3-21-40-30-20-19-26(22-31(30)39-4-2)23-33-34-32(36)28-17-11-12-18-29(28)35(24-25-13-7-5-8-14-25)41(37,38)27-15-9-6-10-16-27/h3,5-20,22-23H,1,4,21,24H2,2H3,(H,34,36)/b33-23-. The van der Waals surface area contributed by atoms with Crippen LogP contribution in [0.1, 0.15) is 28.4 Å². The molecule has 4 aromatic rings. The van der Waals surface area contributed by atoms with Crippen LogP contribution in [0.4, 0.5) is 5.69 Å². The first kappa shape index (κ1) is 29.1. The zero-order chi connectivity index (χ0) is 29.1. The lowest BCUT2D eigenvalue weighted by atomic mass is 10.1. The molecular weight excluding hydrogens is 538 g/mol. The number of amides is 1. The van der Waals surface area contributed by atoms with Crippen LogP contribution >= 0.6 is 0 Å². The van der Waals surface area contributed by atoms with Gasteiger partial charge in [0.05, 0.1) is 35.5 Å². The first-order chi connectivity index (χ1) is 19.9. The number of rotatable bonds is 13. The van der Waals surface area contributed by atoms with Crippen LogP contribution in [0.2, 0.25) is 0 Å². The van der Waals surface area contributed by atoms with E-state index in [-0.39, 0.29) is 22.7 Å². The zero-order valence-corrected chi connectivity index (χ0v) is 23.5. The Kier molecular flexibility index (Phi) is 9.90. The normalized spacial score (nSPS) is 11.1. The maximum absolute atomic E-state index is 13.8. The number of nitrogens with zero attached hydrogens (tertiary/aromatic N) is 2. The number of hydrogen-bond acceptors (Lipinski definition) is 6. The van der Waals surface area contributed by atoms with Crippen LogP contribution in [0, 0.1) is 0 Å². The van der Waals surface area contributed by atoms with E-state index in [1.807, 2.05) is 37.3 Å². The molecule has 0 aromatic heterocycles. The van der Waals surface area contributed by atoms with Crippen LogP contribution < -0.4 is 19.2 Å². The predicted molar refractivity (Wildman–Crippen MR) is 161 cm³/mol. The molecule has 41 heavy (non-hydrogen) atoms. The summed E-state index contributed by atoms with van der Waals surface area (Å²) in [6, 6.07) is 29.2. The van der Waals surface area contributed by atoms with Gasteiger partial charge < -0.3 is 9.47 Å². The quantitative estimate of drug-likeness (QED) is 0.125. The van der Waals surface area contributed by atoms with Crippen molar-refractivity contribution < 1.29 is 22.7 Å². The smallest absolute Gasteiger partial charge is 0.273 e. The van der Waals surface area contributed by atoms with E-state index in [2.05, 4.69) is 17.1 Å². The van der Waals surface area contributed by atoms with Gasteiger partial charge in [0, 0.05) is 0 Å². The third-order valence-electron chi connectivity index (χ3n) is 5.92. The van der Waals surface area contributed by atoms with Crippen LogP contribution in [0.15, 0.2) is 126 Å². The number of benzene rings is 4. The van der Waals surface area contributed by atoms with Crippen molar-refractivity contribution in [1.82, 2.24) is 5.43 Å². The highest BCUT2D eigenvalue weighted by atomic mass is 32.2. The highest BCUT2D eigenvalue weighted by molar-refractivity contribution is 7.92. The number of ether oxygens (including phenoxy) is 2. The fourth-order valence-corrected chi connectivity index (χ4v) is 5.51. The van der Waals surface area contributed by atoms with E-state index < -0.39 is 15.9 Å². The predicted octanol–water partition coefficient (Wildman–Crippen LogP) is 5.81. The molecule has 4 rings (SSSR count). The van der Waals surface area contributed by atoms with Crippen LogP contribution in [0.5, 0.6) is 11.5 Å². The number of carbonyl (C=O) groups excluding carboxylic acids is 1. The summed E-state index contributed by atoms with van der Waals surface area (Å²) in [5, 5.41) is 4.11. The summed E-state index contributed by atoms with van der Waals surface area (Å²) in [5.74, 6) is 0.548. The molecule has 0 saturated heterocycles. The SMILES string of the molecule is C=CCOc1ccc(/C=N\NC(=O)c2ccccc2N(Cc2ccccc2)S(=O)(=O)c2ccccc2)cc1OCC. The van der Waals surface area contributed by atoms with Gasteiger partial charge in [0.2, 0.25) is 0 Å². The molecule has 1 amide bonds. The number of nitrogens with one attached hydrogen (secondary N) is 1. The van der Waals surface area contributed by atoms with Crippen molar-refractivity contribution in [1.29, 1.82) is 0 Å². The van der Waals surface area contributed by atoms with Gasteiger partial charge in [-0.15, -0.1) is 0 Å². The average molecular weight is 570 g/mol. The van der Waals surface area contributed by atoms with E-state index in [4.69, 9.17) is 9.47 Å². The summed E-state index contributed by atoms with van der Waals surface area (Å²) in [6.45, 7) is 6.34. The lowest BCUT2D eigenvalue weighted by Gasteiger charge is -2.26. The number of para-hydroxylation sites is 1. The maximum atomic E-state index is 13.8. The lowest BCUT2D eigenvalue weighted by Crippen LogP contribution is -2.33. The monoisotopic (exact) mass is 569 g/mol. The van der Waals surface area contributed by atoms with E-state index in [9.17, 15) is 13.2 Å². The minimum atomic E-state index is -4.01. The van der Waals surface area contributed by atoms with Gasteiger partial charge in [0.1, 0.15) is 6.61 Å². The molecule has 4 aromatic carbocycles. The Morgan fingerprint density at radius 3 is 2.29 bits per heavy atom. The van der Waals surface area contributed by atoms with E-state index in [1.165, 1.54) is 22.7 Å². The molecule has 0 fully saturated rings. The van der Waals surface area contributed by atoms with Crippen LogP contribution in [0.3, 0.4) is 0 Å². The van der Waals surface area contributed by atoms with Gasteiger partial charge in [-0.3, -0.25) is 9.10 Å². The molecule has 0 unspecified atom stereocenters. The van der Waals surface area contributed by atoms with Gasteiger partial charge in [-0.25, -0.2) is 13.8 Å². The van der Waals surface area contributed by atoms with Gasteiger partial charge in [-0.2, -0.15) is 5.10 Å². The molecule has 9 heteroatoms. The Morgan fingerprint density at radius 1 is 0.902 bits per heavy atom. The van der Waals surface area contributed by atoms with Gasteiger partial charge in [-0.05, 0) is 60.5 Å². The fraction of sp³-hybridized carbons (Fsp3) is 0.125. The number of carbonyl (C=O) groups is 1. The molecule has 210 valence electrons. The van der Waals surface area contributed by atoms with Crippen molar-refractivity contribution in [3.05, 3.63) is 132 Å². The summed E-state index contributed by atoms with van der Waals surface area (Å²) in [7, 11) is -4.01. The zero-order valence-electron chi connectivity index (χ0n) is 22.6. The lowest BCUT2D eigenvalue weighted by molar-refractivity contribution is 0.0955. The Morgan fingerprint density at radius 2 is 1.59 bits per heavy atom. The van der Waals surface area contributed by atoms with Crippen LogP contribution in [-0.2, 0) is 16.6 Å². The topological polar surface area (TPSA) is 97.3 Å². The van der Waals surface area contributed by atoms with Gasteiger partial charge >= 0.3 is 0 Å². The molecule has 0 radical (unpaired) electrons. The Labute approximate surface area is 240 Å². The minimum absolute atomic E-state index is 0.0338. The number of hydrogen-bond donors (Lipinski definition) is 1. The summed E-state index contributed by atoms with van der Waals surface area (Å²) >= 11 is 0. The molecule has 0 aliphatic carbocycles. The molecule has 8 nitrogen and oxygen atoms in total. The van der Waals surface area contributed by atoms with Crippen molar-refractivity contribution in [3.63, 3.8) is 0 Å². The number of anilines is 1. The van der Waals surface area contributed by atoms with Crippen molar-refractivity contribution >= 4 is 27.8 Å². The first-order valence-corrected chi connectivity index (χ1v) is 14.4. The summed E-state index contributed by atoms with van der Waals surface area (Å²) in [4.78, 5) is 13.4. The van der Waals surface area contributed by atoms with Gasteiger partial charge in [-0.1, -0.05) is 73.3 Å². The van der Waals surface area contributed by atoms with Crippen LogP contribution in [0.25, 0.3) is 0 Å². The molecule has 0 atom stereocenters. The first-order valence-electron chi connectivity index (χ1n) is 13.0. The van der Waals surface area contributed by atoms with Crippen molar-refractivity contribution in [2.24, 2.45) is 5.10 Å². The Bertz CT molecular complexity index is 1610. The molecule has 0 spiro atoms. The van der Waals surface area contributed by atoms with E-state index >= 15 is 0 Å². The van der Waals surface area contributed by atoms with Crippen molar-refractivity contribution in [3.8, 4) is 11.5 Å². The third-order valence-corrected chi connectivity index (χ3v) is 7.70. The van der Waals surface area contributed by atoms with Gasteiger partial charge in [0.15, 0.2) is 11.5 Å². The molecular formula is C32H31N3O5S. The molecule has 0 aliphatic heterocycles. The third kappa shape index (κ3) is 7.40. The summed E-state index contributed by atoms with van der Waals surface area (Å²) < 4.78 is 40.2. The van der Waals surface area contributed by atoms with E-state index in [1.54, 1.807) is 66.7 Å². The van der Waals surface area contributed by atoms with Crippen LogP contribution in [-0.4, -0.2) is 33.8 Å². The molecule has 0 saturated carbocycles. The van der Waals surface area contributed by atoms with Crippen molar-refractivity contribution in [2.75, 3.05) is 17.5 Å². The minimum Gasteiger partial charge on any atom is -0.490 e. The largest absolute Gasteiger partial charge is 0.490 e. The van der Waals surface area contributed by atoms with E-state index in [0.29, 0.717) is 30.3 Å². The second-order valence-electron chi connectivity index (χ2n) is 8.77. The fourth-order valence-electron chi connectivity index (χ4n) is 4.02. The number of sulfonamides is 1. The Balaban J connectivity index is 1.62. The maximum Gasteiger partial charge on any atom is 0.273 e. The summed E-state index contributed by atoms with van der Waals surface area (Å²) in [6.07, 6.45) is 3.12. The van der Waals surface area contributed by atoms with Gasteiger partial charge in [0.25, 0.3) is 15.9 Å².